The molecule has 7 heteroatoms. The Morgan fingerprint density at radius 2 is 2.09 bits per heavy atom. The van der Waals surface area contributed by atoms with Gasteiger partial charge in [-0.1, -0.05) is 5.16 Å². The molecule has 7 nitrogen and oxygen atoms in total. The second-order valence-electron chi connectivity index (χ2n) is 6.45. The van der Waals surface area contributed by atoms with Crippen molar-refractivity contribution in [3.8, 4) is 0 Å². The van der Waals surface area contributed by atoms with Crippen molar-refractivity contribution < 1.29 is 14.1 Å². The predicted molar refractivity (Wildman–Crippen MR) is 86.0 cm³/mol. The van der Waals surface area contributed by atoms with Crippen LogP contribution in [-0.4, -0.2) is 58.8 Å². The number of morpholine rings is 1. The van der Waals surface area contributed by atoms with E-state index in [1.807, 2.05) is 0 Å². The van der Waals surface area contributed by atoms with Crippen LogP contribution in [0.2, 0.25) is 0 Å². The Balaban J connectivity index is 1.63. The van der Waals surface area contributed by atoms with Gasteiger partial charge in [0, 0.05) is 38.5 Å². The van der Waals surface area contributed by atoms with Crippen LogP contribution in [0.3, 0.4) is 0 Å². The van der Waals surface area contributed by atoms with Crippen molar-refractivity contribution in [2.45, 2.75) is 65.2 Å². The molecule has 1 aromatic heterocycles. The standard InChI is InChI=1S/C16H28N4O3/c1-11(20-9-12(2)22-13(3)10-20)8-17-15(21)6-5-7-16-18-14(4)19-23-16/h11-13H,5-10H2,1-4H3,(H,17,21)/t11-,12+,13+/m0/s1. The summed E-state index contributed by atoms with van der Waals surface area (Å²) in [6.07, 6.45) is 2.32. The zero-order valence-electron chi connectivity index (χ0n) is 14.5. The summed E-state index contributed by atoms with van der Waals surface area (Å²) >= 11 is 0. The molecule has 1 N–H and O–H groups in total. The second kappa shape index (κ2) is 8.40. The van der Waals surface area contributed by atoms with Gasteiger partial charge in [0.05, 0.1) is 12.2 Å². The van der Waals surface area contributed by atoms with Gasteiger partial charge in [-0.3, -0.25) is 9.69 Å². The largest absolute Gasteiger partial charge is 0.373 e. The van der Waals surface area contributed by atoms with Crippen molar-refractivity contribution in [1.82, 2.24) is 20.4 Å². The van der Waals surface area contributed by atoms with Gasteiger partial charge in [-0.05, 0) is 34.1 Å². The molecule has 1 fully saturated rings. The Morgan fingerprint density at radius 1 is 1.39 bits per heavy atom. The van der Waals surface area contributed by atoms with Crippen LogP contribution in [0, 0.1) is 6.92 Å². The molecule has 2 heterocycles. The van der Waals surface area contributed by atoms with Gasteiger partial charge in [0.15, 0.2) is 5.82 Å². The molecule has 130 valence electrons. The van der Waals surface area contributed by atoms with Crippen molar-refractivity contribution in [3.63, 3.8) is 0 Å². The van der Waals surface area contributed by atoms with Gasteiger partial charge in [-0.15, -0.1) is 0 Å². The Bertz CT molecular complexity index is 495. The lowest BCUT2D eigenvalue weighted by molar-refractivity contribution is -0.121. The molecule has 0 saturated carbocycles. The van der Waals surface area contributed by atoms with Gasteiger partial charge >= 0.3 is 0 Å². The number of hydrogen-bond donors (Lipinski definition) is 1. The summed E-state index contributed by atoms with van der Waals surface area (Å²) in [4.78, 5) is 18.4. The first kappa shape index (κ1) is 17.9. The monoisotopic (exact) mass is 324 g/mol. The van der Waals surface area contributed by atoms with E-state index in [2.05, 4.69) is 41.1 Å². The first-order chi connectivity index (χ1) is 10.9. The summed E-state index contributed by atoms with van der Waals surface area (Å²) in [6.45, 7) is 10.6. The summed E-state index contributed by atoms with van der Waals surface area (Å²) in [5.74, 6) is 1.30. The molecule has 1 saturated heterocycles. The van der Waals surface area contributed by atoms with Crippen molar-refractivity contribution >= 4 is 5.91 Å². The van der Waals surface area contributed by atoms with Crippen molar-refractivity contribution in [2.24, 2.45) is 0 Å². The molecule has 1 aromatic rings. The van der Waals surface area contributed by atoms with E-state index in [-0.39, 0.29) is 18.1 Å². The lowest BCUT2D eigenvalue weighted by Crippen LogP contribution is -2.52. The summed E-state index contributed by atoms with van der Waals surface area (Å²) in [5, 5.41) is 6.75. The average molecular weight is 324 g/mol. The van der Waals surface area contributed by atoms with Crippen LogP contribution in [-0.2, 0) is 16.0 Å². The molecule has 2 rings (SSSR count). The second-order valence-corrected chi connectivity index (χ2v) is 6.45. The number of ether oxygens (including phenoxy) is 1. The summed E-state index contributed by atoms with van der Waals surface area (Å²) in [6, 6.07) is 0.311. The lowest BCUT2D eigenvalue weighted by Gasteiger charge is -2.39. The van der Waals surface area contributed by atoms with Crippen LogP contribution in [0.1, 0.15) is 45.3 Å². The molecule has 3 atom stereocenters. The fraction of sp³-hybridized carbons (Fsp3) is 0.812. The Kier molecular flexibility index (Phi) is 6.53. The van der Waals surface area contributed by atoms with Gasteiger partial charge in [-0.2, -0.15) is 4.98 Å². The van der Waals surface area contributed by atoms with E-state index in [1.54, 1.807) is 6.92 Å². The molecule has 0 aliphatic carbocycles. The van der Waals surface area contributed by atoms with Gasteiger partial charge in [0.2, 0.25) is 11.8 Å². The highest BCUT2D eigenvalue weighted by atomic mass is 16.5. The lowest BCUT2D eigenvalue weighted by atomic mass is 10.1. The molecule has 1 aliphatic rings. The fourth-order valence-electron chi connectivity index (χ4n) is 2.90. The predicted octanol–water partition coefficient (Wildman–Crippen LogP) is 1.31. The molecule has 0 unspecified atom stereocenters. The molecule has 0 bridgehead atoms. The third-order valence-corrected chi connectivity index (χ3v) is 4.03. The molecule has 1 amide bonds. The Hall–Kier alpha value is -1.47. The first-order valence-electron chi connectivity index (χ1n) is 8.39. The van der Waals surface area contributed by atoms with Crippen LogP contribution in [0.4, 0.5) is 0 Å². The summed E-state index contributed by atoms with van der Waals surface area (Å²) in [7, 11) is 0. The normalized spacial score (nSPS) is 23.7. The van der Waals surface area contributed by atoms with E-state index in [4.69, 9.17) is 9.26 Å². The highest BCUT2D eigenvalue weighted by molar-refractivity contribution is 5.75. The highest BCUT2D eigenvalue weighted by Crippen LogP contribution is 2.13. The van der Waals surface area contributed by atoms with Crippen molar-refractivity contribution in [1.29, 1.82) is 0 Å². The molecule has 0 radical (unpaired) electrons. The van der Waals surface area contributed by atoms with Gasteiger partial charge in [0.25, 0.3) is 0 Å². The maximum Gasteiger partial charge on any atom is 0.226 e. The zero-order valence-corrected chi connectivity index (χ0v) is 14.5. The van der Waals surface area contributed by atoms with Crippen molar-refractivity contribution in [3.05, 3.63) is 11.7 Å². The van der Waals surface area contributed by atoms with E-state index in [0.29, 0.717) is 43.6 Å². The van der Waals surface area contributed by atoms with Crippen LogP contribution < -0.4 is 5.32 Å². The smallest absolute Gasteiger partial charge is 0.226 e. The summed E-state index contributed by atoms with van der Waals surface area (Å²) < 4.78 is 10.8. The number of hydrogen-bond acceptors (Lipinski definition) is 6. The fourth-order valence-corrected chi connectivity index (χ4v) is 2.90. The quantitative estimate of drug-likeness (QED) is 0.814. The number of carbonyl (C=O) groups is 1. The highest BCUT2D eigenvalue weighted by Gasteiger charge is 2.25. The van der Waals surface area contributed by atoms with Gasteiger partial charge < -0.3 is 14.6 Å². The molecule has 0 spiro atoms. The van der Waals surface area contributed by atoms with Crippen LogP contribution >= 0.6 is 0 Å². The minimum atomic E-state index is 0.0717. The van der Waals surface area contributed by atoms with E-state index in [9.17, 15) is 4.79 Å². The Morgan fingerprint density at radius 3 is 2.70 bits per heavy atom. The SMILES string of the molecule is Cc1noc(CCCC(=O)NC[C@H](C)N2C[C@@H](C)O[C@H](C)C2)n1. The summed E-state index contributed by atoms with van der Waals surface area (Å²) in [5.41, 5.74) is 0. The van der Waals surface area contributed by atoms with Crippen molar-refractivity contribution in [2.75, 3.05) is 19.6 Å². The van der Waals surface area contributed by atoms with Gasteiger partial charge in [0.1, 0.15) is 0 Å². The third kappa shape index (κ3) is 5.91. The van der Waals surface area contributed by atoms with Crippen LogP contribution in [0.25, 0.3) is 0 Å². The third-order valence-electron chi connectivity index (χ3n) is 4.03. The van der Waals surface area contributed by atoms with E-state index in [0.717, 1.165) is 13.1 Å². The minimum absolute atomic E-state index is 0.0717. The number of nitrogens with zero attached hydrogens (tertiary/aromatic N) is 3. The molecular formula is C16H28N4O3. The van der Waals surface area contributed by atoms with E-state index < -0.39 is 0 Å². The maximum absolute atomic E-state index is 11.9. The van der Waals surface area contributed by atoms with E-state index in [1.165, 1.54) is 0 Å². The van der Waals surface area contributed by atoms with Gasteiger partial charge in [-0.25, -0.2) is 0 Å². The number of nitrogens with one attached hydrogen (secondary N) is 1. The van der Waals surface area contributed by atoms with E-state index >= 15 is 0 Å². The molecular weight excluding hydrogens is 296 g/mol. The zero-order chi connectivity index (χ0) is 16.8. The molecule has 1 aliphatic heterocycles. The number of carbonyl (C=O) groups excluding carboxylic acids is 1. The first-order valence-corrected chi connectivity index (χ1v) is 8.39. The van der Waals surface area contributed by atoms with Crippen LogP contribution in [0.15, 0.2) is 4.52 Å². The number of aromatic nitrogens is 2. The van der Waals surface area contributed by atoms with Crippen LogP contribution in [0.5, 0.6) is 0 Å². The maximum atomic E-state index is 11.9. The number of rotatable bonds is 7. The number of aryl methyl sites for hydroxylation is 2. The average Bonchev–Trinajstić information content (AvgIpc) is 2.89. The molecule has 23 heavy (non-hydrogen) atoms. The molecule has 0 aromatic carbocycles. The Labute approximate surface area is 137 Å². The minimum Gasteiger partial charge on any atom is -0.373 e. The topological polar surface area (TPSA) is 80.5 Å². The number of amides is 1.